The van der Waals surface area contributed by atoms with E-state index in [1.165, 1.54) is 0 Å². The molecular formula is C32H56N8O4. The first-order valence-electron chi connectivity index (χ1n) is 16.1. The number of hydrogen-bond acceptors (Lipinski definition) is 7. The van der Waals surface area contributed by atoms with Crippen molar-refractivity contribution in [2.75, 3.05) is 13.1 Å². The third-order valence-corrected chi connectivity index (χ3v) is 7.62. The predicted octanol–water partition coefficient (Wildman–Crippen LogP) is 1.52. The highest BCUT2D eigenvalue weighted by Gasteiger charge is 2.30. The van der Waals surface area contributed by atoms with Crippen LogP contribution in [0, 0.1) is 5.92 Å². The van der Waals surface area contributed by atoms with Gasteiger partial charge in [-0.05, 0) is 57.1 Å². The SMILES string of the molecule is CCCCCCCC[C@H](CC(=O)[C@@H](CCCN=C(N)N)NC(=O)[C@@H](N)Cc1ccccc1)C(=O)N[C@@H](CCCCN)C(N)=O. The van der Waals surface area contributed by atoms with Crippen LogP contribution in [0.5, 0.6) is 0 Å². The van der Waals surface area contributed by atoms with Crippen molar-refractivity contribution in [3.63, 3.8) is 0 Å². The van der Waals surface area contributed by atoms with Gasteiger partial charge in [0, 0.05) is 18.9 Å². The molecule has 0 fully saturated rings. The molecule has 0 aliphatic carbocycles. The number of carbonyl (C=O) groups is 4. The summed E-state index contributed by atoms with van der Waals surface area (Å²) in [7, 11) is 0. The fraction of sp³-hybridized carbons (Fsp3) is 0.656. The van der Waals surface area contributed by atoms with Crippen LogP contribution in [0.15, 0.2) is 35.3 Å². The van der Waals surface area contributed by atoms with Crippen LogP contribution in [-0.2, 0) is 25.6 Å². The quantitative estimate of drug-likeness (QED) is 0.0482. The molecule has 0 heterocycles. The van der Waals surface area contributed by atoms with Gasteiger partial charge in [0.25, 0.3) is 0 Å². The van der Waals surface area contributed by atoms with E-state index in [1.807, 2.05) is 30.3 Å². The number of amides is 3. The number of nitrogens with one attached hydrogen (secondary N) is 2. The van der Waals surface area contributed by atoms with Gasteiger partial charge in [-0.2, -0.15) is 0 Å². The van der Waals surface area contributed by atoms with E-state index in [0.717, 1.165) is 44.1 Å². The van der Waals surface area contributed by atoms with E-state index < -0.39 is 41.8 Å². The normalized spacial score (nSPS) is 13.7. The number of primary amides is 1. The van der Waals surface area contributed by atoms with E-state index in [0.29, 0.717) is 45.1 Å². The zero-order valence-corrected chi connectivity index (χ0v) is 26.5. The molecule has 12 nitrogen and oxygen atoms in total. The Kier molecular flexibility index (Phi) is 20.1. The lowest BCUT2D eigenvalue weighted by Crippen LogP contribution is -2.50. The van der Waals surface area contributed by atoms with E-state index in [2.05, 4.69) is 22.5 Å². The first-order valence-corrected chi connectivity index (χ1v) is 16.1. The van der Waals surface area contributed by atoms with Crippen LogP contribution >= 0.6 is 0 Å². The van der Waals surface area contributed by atoms with Crippen molar-refractivity contribution in [3.8, 4) is 0 Å². The third kappa shape index (κ3) is 17.0. The molecule has 0 radical (unpaired) electrons. The second kappa shape index (κ2) is 22.9. The summed E-state index contributed by atoms with van der Waals surface area (Å²) >= 11 is 0. The minimum absolute atomic E-state index is 0.0621. The van der Waals surface area contributed by atoms with Crippen LogP contribution in [0.3, 0.4) is 0 Å². The summed E-state index contributed by atoms with van der Waals surface area (Å²) in [6.45, 7) is 2.90. The highest BCUT2D eigenvalue weighted by molar-refractivity contribution is 5.94. The molecule has 248 valence electrons. The average molecular weight is 617 g/mol. The van der Waals surface area contributed by atoms with E-state index in [-0.39, 0.29) is 31.1 Å². The molecule has 3 amide bonds. The molecule has 12 N–H and O–H groups in total. The Morgan fingerprint density at radius 1 is 0.773 bits per heavy atom. The van der Waals surface area contributed by atoms with Crippen LogP contribution in [0.2, 0.25) is 0 Å². The van der Waals surface area contributed by atoms with Crippen molar-refractivity contribution in [2.24, 2.45) is 39.6 Å². The largest absolute Gasteiger partial charge is 0.370 e. The van der Waals surface area contributed by atoms with Gasteiger partial charge < -0.3 is 39.3 Å². The predicted molar refractivity (Wildman–Crippen MR) is 175 cm³/mol. The molecule has 0 spiro atoms. The van der Waals surface area contributed by atoms with Gasteiger partial charge in [0.1, 0.15) is 6.04 Å². The summed E-state index contributed by atoms with van der Waals surface area (Å²) in [4.78, 5) is 56.2. The monoisotopic (exact) mass is 616 g/mol. The average Bonchev–Trinajstić information content (AvgIpc) is 2.99. The first-order chi connectivity index (χ1) is 21.1. The standard InChI is InChI=1S/C32H56N8O4/c1-2-3-4-5-6-10-16-24(30(43)40-27(29(35)42)17-11-12-19-33)22-28(41)26(18-13-20-38-32(36)37)39-31(44)25(34)21-23-14-8-7-9-15-23/h7-9,14-15,24-27H,2-6,10-13,16-22,33-34H2,1H3,(H2,35,42)(H,39,44)(H,40,43)(H4,36,37,38)/t24-,25+,26-,27+/m1/s1. The van der Waals surface area contributed by atoms with Crippen LogP contribution in [0.1, 0.15) is 96.0 Å². The summed E-state index contributed by atoms with van der Waals surface area (Å²) in [6, 6.07) is 6.79. The van der Waals surface area contributed by atoms with Gasteiger partial charge in [0.2, 0.25) is 17.7 Å². The lowest BCUT2D eigenvalue weighted by Gasteiger charge is -2.24. The minimum Gasteiger partial charge on any atom is -0.370 e. The second-order valence-electron chi connectivity index (χ2n) is 11.5. The van der Waals surface area contributed by atoms with Gasteiger partial charge in [-0.25, -0.2) is 0 Å². The summed E-state index contributed by atoms with van der Waals surface area (Å²) in [6.07, 6.45) is 9.22. The van der Waals surface area contributed by atoms with Gasteiger partial charge >= 0.3 is 0 Å². The maximum absolute atomic E-state index is 13.7. The molecule has 0 aliphatic heterocycles. The Morgan fingerprint density at radius 2 is 1.39 bits per heavy atom. The van der Waals surface area contributed by atoms with Crippen molar-refractivity contribution in [1.29, 1.82) is 0 Å². The molecule has 0 bridgehead atoms. The van der Waals surface area contributed by atoms with E-state index in [1.54, 1.807) is 0 Å². The number of nitrogens with two attached hydrogens (primary N) is 5. The van der Waals surface area contributed by atoms with Gasteiger partial charge in [-0.15, -0.1) is 0 Å². The molecule has 44 heavy (non-hydrogen) atoms. The molecule has 0 unspecified atom stereocenters. The zero-order valence-electron chi connectivity index (χ0n) is 26.5. The Balaban J connectivity index is 3.04. The first kappa shape index (κ1) is 38.5. The summed E-state index contributed by atoms with van der Waals surface area (Å²) in [5, 5.41) is 5.58. The lowest BCUT2D eigenvalue weighted by molar-refractivity contribution is -0.134. The van der Waals surface area contributed by atoms with Gasteiger partial charge in [-0.3, -0.25) is 24.2 Å². The lowest BCUT2D eigenvalue weighted by atomic mass is 9.90. The topological polar surface area (TPSA) is 235 Å². The molecule has 1 aromatic rings. The van der Waals surface area contributed by atoms with Crippen molar-refractivity contribution >= 4 is 29.5 Å². The molecule has 1 aromatic carbocycles. The zero-order chi connectivity index (χ0) is 32.7. The number of benzene rings is 1. The molecule has 0 saturated carbocycles. The smallest absolute Gasteiger partial charge is 0.239 e. The van der Waals surface area contributed by atoms with Crippen LogP contribution in [-0.4, -0.2) is 60.7 Å². The van der Waals surface area contributed by atoms with Crippen molar-refractivity contribution in [1.82, 2.24) is 10.6 Å². The minimum atomic E-state index is -0.880. The van der Waals surface area contributed by atoms with E-state index >= 15 is 0 Å². The molecular weight excluding hydrogens is 560 g/mol. The number of unbranched alkanes of at least 4 members (excludes halogenated alkanes) is 6. The third-order valence-electron chi connectivity index (χ3n) is 7.62. The number of nitrogens with zero attached hydrogens (tertiary/aromatic N) is 1. The number of aliphatic imine (C=N–C) groups is 1. The molecule has 0 aromatic heterocycles. The van der Waals surface area contributed by atoms with Crippen molar-refractivity contribution in [2.45, 2.75) is 115 Å². The molecule has 0 saturated heterocycles. The van der Waals surface area contributed by atoms with Crippen LogP contribution in [0.4, 0.5) is 0 Å². The van der Waals surface area contributed by atoms with E-state index in [9.17, 15) is 19.2 Å². The van der Waals surface area contributed by atoms with Gasteiger partial charge in [-0.1, -0.05) is 75.8 Å². The Bertz CT molecular complexity index is 1020. The van der Waals surface area contributed by atoms with Crippen molar-refractivity contribution in [3.05, 3.63) is 35.9 Å². The molecule has 4 atom stereocenters. The maximum Gasteiger partial charge on any atom is 0.239 e. The number of hydrogen-bond donors (Lipinski definition) is 7. The number of Topliss-reactive ketones (excluding diaryl/α,β-unsaturated/α-hetero) is 1. The highest BCUT2D eigenvalue weighted by Crippen LogP contribution is 2.19. The Hall–Kier alpha value is -3.51. The number of rotatable bonds is 25. The van der Waals surface area contributed by atoms with Crippen LogP contribution < -0.4 is 39.3 Å². The second-order valence-corrected chi connectivity index (χ2v) is 11.5. The fourth-order valence-electron chi connectivity index (χ4n) is 5.01. The number of ketones is 1. The van der Waals surface area contributed by atoms with Gasteiger partial charge in [0.05, 0.1) is 12.1 Å². The molecule has 1 rings (SSSR count). The Morgan fingerprint density at radius 3 is 2.02 bits per heavy atom. The summed E-state index contributed by atoms with van der Waals surface area (Å²) in [5.41, 5.74) is 29.1. The van der Waals surface area contributed by atoms with E-state index in [4.69, 9.17) is 28.7 Å². The summed E-state index contributed by atoms with van der Waals surface area (Å²) < 4.78 is 0. The summed E-state index contributed by atoms with van der Waals surface area (Å²) in [5.74, 6) is -2.51. The highest BCUT2D eigenvalue weighted by atomic mass is 16.2. The number of guanidine groups is 1. The molecule has 0 aliphatic rings. The fourth-order valence-corrected chi connectivity index (χ4v) is 5.01. The number of carbonyl (C=O) groups excluding carboxylic acids is 4. The van der Waals surface area contributed by atoms with Crippen molar-refractivity contribution < 1.29 is 19.2 Å². The Labute approximate surface area is 262 Å². The maximum atomic E-state index is 13.7. The van der Waals surface area contributed by atoms with Gasteiger partial charge in [0.15, 0.2) is 11.7 Å². The molecule has 12 heteroatoms. The van der Waals surface area contributed by atoms with Crippen LogP contribution in [0.25, 0.3) is 0 Å².